The molecule has 0 radical (unpaired) electrons. The zero-order valence-electron chi connectivity index (χ0n) is 35.4. The number of carbonyl (C=O) groups is 4. The van der Waals surface area contributed by atoms with Gasteiger partial charge in [0, 0.05) is 84.0 Å². The van der Waals surface area contributed by atoms with Crippen LogP contribution in [0.25, 0.3) is 10.9 Å². The van der Waals surface area contributed by atoms with Crippen molar-refractivity contribution in [1.82, 2.24) is 14.8 Å². The van der Waals surface area contributed by atoms with Gasteiger partial charge in [0.25, 0.3) is 0 Å². The number of nitrogens with one attached hydrogen (secondary N) is 1. The Bertz CT molecular complexity index is 2310. The molecule has 6 aliphatic rings. The molecule has 2 aromatic carbocycles. The van der Waals surface area contributed by atoms with Crippen molar-refractivity contribution in [3.63, 3.8) is 0 Å². The molecule has 9 rings (SSSR count). The van der Waals surface area contributed by atoms with Crippen molar-refractivity contribution in [2.45, 2.75) is 99.4 Å². The van der Waals surface area contributed by atoms with E-state index < -0.39 is 69.3 Å². The van der Waals surface area contributed by atoms with Crippen molar-refractivity contribution in [1.29, 1.82) is 0 Å². The lowest BCUT2D eigenvalue weighted by Gasteiger charge is -2.63. The summed E-state index contributed by atoms with van der Waals surface area (Å²) in [7, 11) is 4.14. The van der Waals surface area contributed by atoms with Crippen LogP contribution in [-0.4, -0.2) is 127 Å². The van der Waals surface area contributed by atoms with E-state index in [-0.39, 0.29) is 12.3 Å². The highest BCUT2D eigenvalue weighted by Crippen LogP contribution is 2.71. The Morgan fingerprint density at radius 2 is 1.75 bits per heavy atom. The van der Waals surface area contributed by atoms with Gasteiger partial charge in [-0.05, 0) is 85.9 Å². The van der Waals surface area contributed by atoms with Crippen LogP contribution in [0.1, 0.15) is 86.7 Å². The predicted molar refractivity (Wildman–Crippen MR) is 221 cm³/mol. The maximum atomic E-state index is 15.3. The molecule has 2 saturated heterocycles. The molecule has 0 amide bonds. The summed E-state index contributed by atoms with van der Waals surface area (Å²) in [4.78, 5) is 64.9. The number of aromatic amines is 1. The zero-order valence-corrected chi connectivity index (χ0v) is 35.4. The van der Waals surface area contributed by atoms with Crippen molar-refractivity contribution in [3.8, 4) is 5.75 Å². The second-order valence-electron chi connectivity index (χ2n) is 18.4. The summed E-state index contributed by atoms with van der Waals surface area (Å²) in [6, 6.07) is 11.4. The minimum atomic E-state index is -2.46. The fourth-order valence-electron chi connectivity index (χ4n) is 13.8. The number of aliphatic hydroxyl groups is 2. The standard InChI is InChI=1S/C47H57N3O10/c1-7-43(55)22-28-23-46(41(53)58-5,38-30(14-18-49(24-28)26-43)29-12-9-10-13-35(29)48-38)34-21-33-31(20-36(34)57-4)32(25-51)37-45(33)16-19-50-17-11-15-44(8-2,39(45)50)40(60-27(3)52)47(37,56)42(54)59-6/h9-13,15,20-21,25,28,32,37,39-40,48,55-56H,7-8,14,16-19,22-24,26H2,1-6H3/t28-,32?,37-,39+,40-,43+,44-,45+,46+,47+/m1/s1. The van der Waals surface area contributed by atoms with E-state index in [0.29, 0.717) is 87.4 Å². The van der Waals surface area contributed by atoms with E-state index in [1.165, 1.54) is 21.1 Å². The Morgan fingerprint density at radius 3 is 2.43 bits per heavy atom. The number of hydrogen-bond acceptors (Lipinski definition) is 12. The monoisotopic (exact) mass is 823 g/mol. The third-order valence-electron chi connectivity index (χ3n) is 15.9. The molecular formula is C47H57N3O10. The number of carbonyl (C=O) groups excluding carboxylic acids is 4. The van der Waals surface area contributed by atoms with Gasteiger partial charge < -0.3 is 38.9 Å². The molecule has 5 heterocycles. The van der Waals surface area contributed by atoms with E-state index in [4.69, 9.17) is 18.9 Å². The summed E-state index contributed by atoms with van der Waals surface area (Å²) in [5, 5.41) is 26.3. The Hall–Kier alpha value is -4.56. The highest BCUT2D eigenvalue weighted by atomic mass is 16.6. The Labute approximate surface area is 350 Å². The molecule has 60 heavy (non-hydrogen) atoms. The topological polar surface area (TPSA) is 168 Å². The average molecular weight is 824 g/mol. The van der Waals surface area contributed by atoms with Gasteiger partial charge in [-0.1, -0.05) is 44.2 Å². The molecule has 1 saturated carbocycles. The Morgan fingerprint density at radius 1 is 0.983 bits per heavy atom. The first kappa shape index (κ1) is 40.8. The highest BCUT2D eigenvalue weighted by molar-refractivity contribution is 5.94. The van der Waals surface area contributed by atoms with Gasteiger partial charge in [0.15, 0.2) is 6.10 Å². The number of methoxy groups -OCH3 is 3. The number of para-hydroxylation sites is 1. The maximum Gasteiger partial charge on any atom is 0.342 e. The van der Waals surface area contributed by atoms with E-state index in [1.807, 2.05) is 56.3 Å². The zero-order chi connectivity index (χ0) is 42.6. The van der Waals surface area contributed by atoms with Crippen LogP contribution in [0, 0.1) is 17.3 Å². The number of piperidine rings is 1. The van der Waals surface area contributed by atoms with Crippen LogP contribution in [0.4, 0.5) is 0 Å². The normalized spacial score (nSPS) is 37.7. The molecule has 1 aromatic heterocycles. The summed E-state index contributed by atoms with van der Waals surface area (Å²) in [6.07, 6.45) is 6.17. The van der Waals surface area contributed by atoms with E-state index in [1.54, 1.807) is 7.11 Å². The number of hydrogen-bond donors (Lipinski definition) is 3. The molecule has 3 fully saturated rings. The van der Waals surface area contributed by atoms with Crippen LogP contribution in [0.15, 0.2) is 48.6 Å². The number of rotatable bonds is 8. The van der Waals surface area contributed by atoms with Crippen LogP contribution < -0.4 is 4.74 Å². The lowest BCUT2D eigenvalue weighted by Crippen LogP contribution is -2.77. The quantitative estimate of drug-likeness (QED) is 0.129. The van der Waals surface area contributed by atoms with Gasteiger partial charge in [0.1, 0.15) is 17.5 Å². The molecule has 2 bridgehead atoms. The van der Waals surface area contributed by atoms with Gasteiger partial charge >= 0.3 is 17.9 Å². The SMILES string of the molecule is CC[C@]1(O)C[C@H]2CN(CCc3c([nH]c4ccccc34)[C@@](C(=O)OC)(c3cc4c(cc3OC)C(C=O)[C@H]3[C@@](O)(C(=O)OC)[C@H](OC(C)=O)[C@]5(CC)C=CCN6CC[C@]43[C@@H]65)C2)C1. The molecule has 2 aliphatic carbocycles. The molecule has 1 spiro atoms. The number of ether oxygens (including phenoxy) is 4. The lowest BCUT2D eigenvalue weighted by atomic mass is 9.45. The molecule has 320 valence electrons. The minimum Gasteiger partial charge on any atom is -0.496 e. The van der Waals surface area contributed by atoms with Crippen molar-refractivity contribution in [2.75, 3.05) is 54.1 Å². The smallest absolute Gasteiger partial charge is 0.342 e. The third-order valence-corrected chi connectivity index (χ3v) is 15.9. The molecule has 13 heteroatoms. The summed E-state index contributed by atoms with van der Waals surface area (Å²) in [5.74, 6) is -4.10. The van der Waals surface area contributed by atoms with E-state index in [2.05, 4.69) is 20.9 Å². The maximum absolute atomic E-state index is 15.3. The van der Waals surface area contributed by atoms with Gasteiger partial charge in [-0.15, -0.1) is 0 Å². The first-order valence-corrected chi connectivity index (χ1v) is 21.5. The van der Waals surface area contributed by atoms with Crippen molar-refractivity contribution >= 4 is 35.1 Å². The second kappa shape index (κ2) is 14.3. The predicted octanol–water partition coefficient (Wildman–Crippen LogP) is 4.08. The molecule has 13 nitrogen and oxygen atoms in total. The van der Waals surface area contributed by atoms with Crippen molar-refractivity contribution < 1.29 is 48.3 Å². The number of aromatic nitrogens is 1. The molecular weight excluding hydrogens is 767 g/mol. The van der Waals surface area contributed by atoms with E-state index in [0.717, 1.165) is 28.3 Å². The lowest BCUT2D eigenvalue weighted by molar-refractivity contribution is -0.243. The van der Waals surface area contributed by atoms with Crippen LogP contribution in [0.3, 0.4) is 0 Å². The summed E-state index contributed by atoms with van der Waals surface area (Å²) in [6.45, 7) is 8.26. The Kier molecular flexibility index (Phi) is 9.70. The highest BCUT2D eigenvalue weighted by Gasteiger charge is 2.80. The average Bonchev–Trinajstić information content (AvgIpc) is 3.92. The number of benzene rings is 2. The minimum absolute atomic E-state index is 0.145. The largest absolute Gasteiger partial charge is 0.496 e. The van der Waals surface area contributed by atoms with Crippen molar-refractivity contribution in [3.05, 3.63) is 76.5 Å². The van der Waals surface area contributed by atoms with Crippen LogP contribution in [-0.2, 0) is 50.6 Å². The first-order chi connectivity index (χ1) is 28.8. The number of aldehydes is 1. The van der Waals surface area contributed by atoms with Crippen molar-refractivity contribution in [2.24, 2.45) is 17.3 Å². The molecule has 3 N–H and O–H groups in total. The second-order valence-corrected chi connectivity index (χ2v) is 18.4. The van der Waals surface area contributed by atoms with Gasteiger partial charge in [-0.2, -0.15) is 0 Å². The number of H-pyrrole nitrogens is 1. The van der Waals surface area contributed by atoms with Crippen LogP contribution >= 0.6 is 0 Å². The van der Waals surface area contributed by atoms with Crippen LogP contribution in [0.5, 0.6) is 5.75 Å². The first-order valence-electron chi connectivity index (χ1n) is 21.5. The third kappa shape index (κ3) is 5.24. The molecule has 3 aromatic rings. The molecule has 4 aliphatic heterocycles. The van der Waals surface area contributed by atoms with E-state index in [9.17, 15) is 24.6 Å². The van der Waals surface area contributed by atoms with Gasteiger partial charge in [-0.3, -0.25) is 19.4 Å². The van der Waals surface area contributed by atoms with E-state index >= 15 is 4.79 Å². The molecule has 11 atom stereocenters. The number of esters is 3. The summed E-state index contributed by atoms with van der Waals surface area (Å²) < 4.78 is 23.8. The summed E-state index contributed by atoms with van der Waals surface area (Å²) in [5.41, 5.74) is -2.65. The van der Waals surface area contributed by atoms with Gasteiger partial charge in [0.2, 0.25) is 5.60 Å². The van der Waals surface area contributed by atoms with Gasteiger partial charge in [0.05, 0.1) is 26.9 Å². The molecule has 2 unspecified atom stereocenters. The fourth-order valence-corrected chi connectivity index (χ4v) is 13.8. The summed E-state index contributed by atoms with van der Waals surface area (Å²) >= 11 is 0. The number of nitrogens with zero attached hydrogens (tertiary/aromatic N) is 2. The fraction of sp³-hybridized carbons (Fsp3) is 0.574. The van der Waals surface area contributed by atoms with Crippen LogP contribution in [0.2, 0.25) is 0 Å². The Balaban J connectivity index is 1.38. The number of fused-ring (bicyclic) bond motifs is 6. The van der Waals surface area contributed by atoms with Gasteiger partial charge in [-0.25, -0.2) is 4.79 Å².